The summed E-state index contributed by atoms with van der Waals surface area (Å²) in [5.41, 5.74) is 6.58. The van der Waals surface area contributed by atoms with Crippen molar-refractivity contribution in [3.63, 3.8) is 0 Å². The number of hydrogen-bond acceptors (Lipinski definition) is 4. The number of piperidine rings is 1. The van der Waals surface area contributed by atoms with Crippen molar-refractivity contribution in [2.75, 3.05) is 19.6 Å². The zero-order valence-electron chi connectivity index (χ0n) is 10.9. The number of likely N-dealkylation sites (tertiary alicyclic amines) is 1. The van der Waals surface area contributed by atoms with Crippen LogP contribution in [0.3, 0.4) is 0 Å². The first kappa shape index (κ1) is 12.4. The number of hydrogen-bond donors (Lipinski definition) is 1. The highest BCUT2D eigenvalue weighted by molar-refractivity contribution is 5.35. The van der Waals surface area contributed by atoms with Crippen molar-refractivity contribution in [3.05, 3.63) is 34.9 Å². The van der Waals surface area contributed by atoms with E-state index in [1.54, 1.807) is 10.6 Å². The lowest BCUT2D eigenvalue weighted by Crippen LogP contribution is -2.44. The summed E-state index contributed by atoms with van der Waals surface area (Å²) >= 11 is 0. The molecule has 0 amide bonds. The summed E-state index contributed by atoms with van der Waals surface area (Å²) in [6.07, 6.45) is 3.99. The van der Waals surface area contributed by atoms with Crippen LogP contribution >= 0.6 is 0 Å². The van der Waals surface area contributed by atoms with Crippen LogP contribution in [-0.2, 0) is 6.54 Å². The molecular weight excluding hydrogens is 242 g/mol. The minimum absolute atomic E-state index is 0.0723. The van der Waals surface area contributed by atoms with Gasteiger partial charge in [0.1, 0.15) is 0 Å². The molecule has 1 unspecified atom stereocenters. The minimum Gasteiger partial charge on any atom is -0.327 e. The van der Waals surface area contributed by atoms with Gasteiger partial charge in [0.2, 0.25) is 0 Å². The summed E-state index contributed by atoms with van der Waals surface area (Å²) in [6.45, 7) is 3.43. The van der Waals surface area contributed by atoms with E-state index in [2.05, 4.69) is 10.00 Å². The summed E-state index contributed by atoms with van der Waals surface area (Å²) in [5, 5.41) is 4.32. The van der Waals surface area contributed by atoms with Gasteiger partial charge in [-0.25, -0.2) is 9.48 Å². The van der Waals surface area contributed by atoms with Gasteiger partial charge in [0.15, 0.2) is 5.65 Å². The van der Waals surface area contributed by atoms with Crippen molar-refractivity contribution >= 4 is 5.65 Å². The molecule has 0 bridgehead atoms. The molecule has 0 aliphatic carbocycles. The Labute approximate surface area is 111 Å². The average Bonchev–Trinajstić information content (AvgIpc) is 2.74. The van der Waals surface area contributed by atoms with Crippen LogP contribution in [0.2, 0.25) is 0 Å². The number of nitrogens with zero attached hydrogens (tertiary/aromatic N) is 4. The SMILES string of the molecule is NC1CCCN(CCn2nc3ccccn3c2=O)C1. The summed E-state index contributed by atoms with van der Waals surface area (Å²) in [6, 6.07) is 5.83. The Morgan fingerprint density at radius 2 is 2.26 bits per heavy atom. The third-order valence-electron chi connectivity index (χ3n) is 3.66. The molecule has 1 aliphatic rings. The van der Waals surface area contributed by atoms with Crippen molar-refractivity contribution in [1.29, 1.82) is 0 Å². The fraction of sp³-hybridized carbons (Fsp3) is 0.538. The van der Waals surface area contributed by atoms with Gasteiger partial charge in [-0.15, -0.1) is 5.10 Å². The van der Waals surface area contributed by atoms with Crippen LogP contribution in [-0.4, -0.2) is 44.8 Å². The van der Waals surface area contributed by atoms with Crippen LogP contribution in [0.25, 0.3) is 5.65 Å². The highest BCUT2D eigenvalue weighted by Crippen LogP contribution is 2.07. The molecule has 0 saturated carbocycles. The Hall–Kier alpha value is -1.66. The average molecular weight is 261 g/mol. The van der Waals surface area contributed by atoms with Crippen LogP contribution in [0.1, 0.15) is 12.8 Å². The lowest BCUT2D eigenvalue weighted by Gasteiger charge is -2.30. The number of rotatable bonds is 3. The van der Waals surface area contributed by atoms with Crippen LogP contribution < -0.4 is 11.4 Å². The lowest BCUT2D eigenvalue weighted by molar-refractivity contribution is 0.199. The van der Waals surface area contributed by atoms with Crippen LogP contribution in [0, 0.1) is 0 Å². The van der Waals surface area contributed by atoms with Crippen molar-refractivity contribution in [1.82, 2.24) is 19.1 Å². The van der Waals surface area contributed by atoms with E-state index >= 15 is 0 Å². The van der Waals surface area contributed by atoms with Crippen molar-refractivity contribution in [2.24, 2.45) is 5.73 Å². The fourth-order valence-corrected chi connectivity index (χ4v) is 2.64. The Kier molecular flexibility index (Phi) is 3.35. The summed E-state index contributed by atoms with van der Waals surface area (Å²) in [5.74, 6) is 0. The van der Waals surface area contributed by atoms with Gasteiger partial charge < -0.3 is 5.73 Å². The van der Waals surface area contributed by atoms with E-state index in [0.29, 0.717) is 12.2 Å². The molecule has 3 rings (SSSR count). The van der Waals surface area contributed by atoms with Gasteiger partial charge in [-0.3, -0.25) is 9.30 Å². The monoisotopic (exact) mass is 261 g/mol. The third-order valence-corrected chi connectivity index (χ3v) is 3.66. The largest absolute Gasteiger partial charge is 0.350 e. The van der Waals surface area contributed by atoms with E-state index in [1.807, 2.05) is 18.2 Å². The van der Waals surface area contributed by atoms with Crippen LogP contribution in [0.4, 0.5) is 0 Å². The molecule has 6 nitrogen and oxygen atoms in total. The Balaban J connectivity index is 1.71. The second kappa shape index (κ2) is 5.14. The molecule has 0 radical (unpaired) electrons. The smallest absolute Gasteiger partial charge is 0.327 e. The van der Waals surface area contributed by atoms with E-state index in [4.69, 9.17) is 5.73 Å². The predicted molar refractivity (Wildman–Crippen MR) is 73.1 cm³/mol. The van der Waals surface area contributed by atoms with E-state index in [9.17, 15) is 4.79 Å². The molecule has 1 atom stereocenters. The quantitative estimate of drug-likeness (QED) is 0.839. The van der Waals surface area contributed by atoms with E-state index in [0.717, 1.165) is 32.5 Å². The zero-order valence-corrected chi connectivity index (χ0v) is 10.9. The first-order valence-corrected chi connectivity index (χ1v) is 6.76. The normalized spacial score (nSPS) is 21.0. The van der Waals surface area contributed by atoms with Gasteiger partial charge in [0.05, 0.1) is 6.54 Å². The number of aromatic nitrogens is 3. The molecule has 3 heterocycles. The number of pyridine rings is 1. The maximum Gasteiger partial charge on any atom is 0.350 e. The Morgan fingerprint density at radius 3 is 3.05 bits per heavy atom. The van der Waals surface area contributed by atoms with Crippen molar-refractivity contribution in [3.8, 4) is 0 Å². The zero-order chi connectivity index (χ0) is 13.2. The van der Waals surface area contributed by atoms with Crippen molar-refractivity contribution < 1.29 is 0 Å². The maximum atomic E-state index is 12.1. The molecule has 2 aromatic heterocycles. The predicted octanol–water partition coefficient (Wildman–Crippen LogP) is -0.0809. The standard InChI is InChI=1S/C13H19N5O/c14-11-4-3-6-16(10-11)8-9-18-13(19)17-7-2-1-5-12(17)15-18/h1-2,5,7,11H,3-4,6,8-10,14H2. The first-order chi connectivity index (χ1) is 9.24. The maximum absolute atomic E-state index is 12.1. The van der Waals surface area contributed by atoms with Crippen LogP contribution in [0.5, 0.6) is 0 Å². The summed E-state index contributed by atoms with van der Waals surface area (Å²) in [4.78, 5) is 14.4. The molecule has 0 spiro atoms. The highest BCUT2D eigenvalue weighted by atomic mass is 16.2. The topological polar surface area (TPSA) is 68.6 Å². The lowest BCUT2D eigenvalue weighted by atomic mass is 10.1. The van der Waals surface area contributed by atoms with E-state index < -0.39 is 0 Å². The number of fused-ring (bicyclic) bond motifs is 1. The Bertz CT molecular complexity index is 617. The molecule has 2 N–H and O–H groups in total. The van der Waals surface area contributed by atoms with Crippen molar-refractivity contribution in [2.45, 2.75) is 25.4 Å². The number of nitrogens with two attached hydrogens (primary N) is 1. The summed E-state index contributed by atoms with van der Waals surface area (Å²) < 4.78 is 3.11. The molecule has 1 aliphatic heterocycles. The molecule has 6 heteroatoms. The third kappa shape index (κ3) is 2.54. The Morgan fingerprint density at radius 1 is 1.37 bits per heavy atom. The fourth-order valence-electron chi connectivity index (χ4n) is 2.64. The minimum atomic E-state index is -0.0723. The van der Waals surface area contributed by atoms with Gasteiger partial charge in [0.25, 0.3) is 0 Å². The van der Waals surface area contributed by atoms with E-state index in [-0.39, 0.29) is 11.7 Å². The summed E-state index contributed by atoms with van der Waals surface area (Å²) in [7, 11) is 0. The molecule has 1 fully saturated rings. The molecule has 102 valence electrons. The highest BCUT2D eigenvalue weighted by Gasteiger charge is 2.16. The molecule has 19 heavy (non-hydrogen) atoms. The van der Waals surface area contributed by atoms with Gasteiger partial charge >= 0.3 is 5.69 Å². The molecule has 1 saturated heterocycles. The van der Waals surface area contributed by atoms with Gasteiger partial charge in [0, 0.05) is 25.3 Å². The second-order valence-corrected chi connectivity index (χ2v) is 5.14. The van der Waals surface area contributed by atoms with Gasteiger partial charge in [-0.2, -0.15) is 0 Å². The second-order valence-electron chi connectivity index (χ2n) is 5.14. The van der Waals surface area contributed by atoms with Crippen LogP contribution in [0.15, 0.2) is 29.2 Å². The van der Waals surface area contributed by atoms with E-state index in [1.165, 1.54) is 4.68 Å². The van der Waals surface area contributed by atoms with Gasteiger partial charge in [-0.05, 0) is 31.5 Å². The van der Waals surface area contributed by atoms with Gasteiger partial charge in [-0.1, -0.05) is 6.07 Å². The molecule has 2 aromatic rings. The molecular formula is C13H19N5O. The molecule has 0 aromatic carbocycles. The first-order valence-electron chi connectivity index (χ1n) is 6.76.